The predicted octanol–water partition coefficient (Wildman–Crippen LogP) is 4.94. The Hall–Kier alpha value is -2.01. The Labute approximate surface area is 164 Å². The summed E-state index contributed by atoms with van der Waals surface area (Å²) in [6, 6.07) is 16.2. The maximum Gasteiger partial charge on any atom is 0.310 e. The zero-order chi connectivity index (χ0) is 19.4. The summed E-state index contributed by atoms with van der Waals surface area (Å²) in [5, 5.41) is 15.1. The van der Waals surface area contributed by atoms with E-state index < -0.39 is 11.2 Å². The summed E-state index contributed by atoms with van der Waals surface area (Å²) in [5.74, 6) is 0. The fraction of sp³-hybridized carbons (Fsp3) is 0.273. The van der Waals surface area contributed by atoms with Crippen molar-refractivity contribution in [1.82, 2.24) is 0 Å². The molecule has 4 rings (SSSR count). The zero-order valence-electron chi connectivity index (χ0n) is 16.0. The highest BCUT2D eigenvalue weighted by atomic mass is 35.5. The summed E-state index contributed by atoms with van der Waals surface area (Å²) in [4.78, 5) is 0. The first kappa shape index (κ1) is 18.4. The molecule has 0 aliphatic rings. The van der Waals surface area contributed by atoms with Gasteiger partial charge in [-0.05, 0) is 62.1 Å². The third kappa shape index (κ3) is 3.12. The molecule has 5 heteroatoms. The number of hydrogen-bond donors (Lipinski definition) is 1. The molecule has 138 valence electrons. The van der Waals surface area contributed by atoms with Crippen LogP contribution in [0.5, 0.6) is 0 Å². The summed E-state index contributed by atoms with van der Waals surface area (Å²) in [7, 11) is 0.312. The van der Waals surface area contributed by atoms with Crippen LogP contribution >= 0.6 is 11.6 Å². The molecule has 27 heavy (non-hydrogen) atoms. The SMILES string of the molecule is CC(C)(O)C(C)(C)OBc1ccc2oc3cc4ccccc4cc3c2c1Cl. The molecule has 1 aromatic heterocycles. The van der Waals surface area contributed by atoms with Gasteiger partial charge in [0.15, 0.2) is 0 Å². The Kier molecular flexibility index (Phi) is 4.26. The van der Waals surface area contributed by atoms with Crippen molar-refractivity contribution >= 4 is 57.3 Å². The quantitative estimate of drug-likeness (QED) is 0.510. The van der Waals surface area contributed by atoms with Gasteiger partial charge >= 0.3 is 7.48 Å². The van der Waals surface area contributed by atoms with Gasteiger partial charge in [0.2, 0.25) is 0 Å². The third-order valence-electron chi connectivity index (χ3n) is 5.58. The van der Waals surface area contributed by atoms with E-state index >= 15 is 0 Å². The van der Waals surface area contributed by atoms with Gasteiger partial charge in [0.1, 0.15) is 11.2 Å². The first-order valence-corrected chi connectivity index (χ1v) is 9.44. The predicted molar refractivity (Wildman–Crippen MR) is 114 cm³/mol. The lowest BCUT2D eigenvalue weighted by Gasteiger charge is -2.37. The van der Waals surface area contributed by atoms with Crippen molar-refractivity contribution in [2.24, 2.45) is 0 Å². The molecule has 0 aliphatic carbocycles. The van der Waals surface area contributed by atoms with E-state index in [-0.39, 0.29) is 0 Å². The van der Waals surface area contributed by atoms with Gasteiger partial charge in [0.05, 0.1) is 11.2 Å². The van der Waals surface area contributed by atoms with Crippen LogP contribution in [0.1, 0.15) is 27.7 Å². The van der Waals surface area contributed by atoms with Gasteiger partial charge in [0.25, 0.3) is 0 Å². The van der Waals surface area contributed by atoms with Crippen LogP contribution < -0.4 is 5.46 Å². The lowest BCUT2D eigenvalue weighted by molar-refractivity contribution is -0.0893. The third-order valence-corrected chi connectivity index (χ3v) is 6.01. The van der Waals surface area contributed by atoms with E-state index in [0.29, 0.717) is 12.5 Å². The number of rotatable bonds is 4. The van der Waals surface area contributed by atoms with Gasteiger partial charge in [-0.1, -0.05) is 41.9 Å². The Morgan fingerprint density at radius 3 is 2.30 bits per heavy atom. The highest BCUT2D eigenvalue weighted by molar-refractivity contribution is 6.56. The van der Waals surface area contributed by atoms with Gasteiger partial charge < -0.3 is 14.2 Å². The Balaban J connectivity index is 1.81. The fourth-order valence-corrected chi connectivity index (χ4v) is 3.41. The van der Waals surface area contributed by atoms with Crippen molar-refractivity contribution in [2.75, 3.05) is 0 Å². The highest BCUT2D eigenvalue weighted by Gasteiger charge is 2.35. The number of aliphatic hydroxyl groups is 1. The van der Waals surface area contributed by atoms with E-state index in [1.54, 1.807) is 13.8 Å². The molecule has 0 unspecified atom stereocenters. The average Bonchev–Trinajstić information content (AvgIpc) is 2.96. The van der Waals surface area contributed by atoms with Crippen LogP contribution in [-0.2, 0) is 4.65 Å². The molecule has 0 fully saturated rings. The molecule has 0 atom stereocenters. The van der Waals surface area contributed by atoms with Gasteiger partial charge in [0, 0.05) is 15.8 Å². The second-order valence-electron chi connectivity index (χ2n) is 8.07. The van der Waals surface area contributed by atoms with Crippen LogP contribution in [0.4, 0.5) is 0 Å². The van der Waals surface area contributed by atoms with Gasteiger partial charge in [-0.2, -0.15) is 0 Å². The minimum Gasteiger partial charge on any atom is -0.456 e. The molecule has 0 saturated heterocycles. The lowest BCUT2D eigenvalue weighted by atomic mass is 9.82. The molecule has 0 amide bonds. The van der Waals surface area contributed by atoms with E-state index in [4.69, 9.17) is 20.7 Å². The molecule has 3 nitrogen and oxygen atoms in total. The largest absolute Gasteiger partial charge is 0.456 e. The Bertz CT molecular complexity index is 1160. The van der Waals surface area contributed by atoms with Crippen molar-refractivity contribution in [1.29, 1.82) is 0 Å². The van der Waals surface area contributed by atoms with Gasteiger partial charge in [-0.15, -0.1) is 0 Å². The van der Waals surface area contributed by atoms with Crippen molar-refractivity contribution in [3.8, 4) is 0 Å². The van der Waals surface area contributed by atoms with Crippen molar-refractivity contribution in [2.45, 2.75) is 38.9 Å². The van der Waals surface area contributed by atoms with Crippen LogP contribution in [0.2, 0.25) is 5.02 Å². The van der Waals surface area contributed by atoms with Crippen LogP contribution in [-0.4, -0.2) is 23.8 Å². The topological polar surface area (TPSA) is 42.6 Å². The lowest BCUT2D eigenvalue weighted by Crippen LogP contribution is -2.49. The van der Waals surface area contributed by atoms with E-state index in [2.05, 4.69) is 24.3 Å². The maximum atomic E-state index is 10.3. The monoisotopic (exact) mass is 380 g/mol. The van der Waals surface area contributed by atoms with E-state index in [9.17, 15) is 5.11 Å². The Morgan fingerprint density at radius 1 is 0.963 bits per heavy atom. The van der Waals surface area contributed by atoms with Crippen LogP contribution in [0, 0.1) is 0 Å². The fourth-order valence-electron chi connectivity index (χ4n) is 3.10. The van der Waals surface area contributed by atoms with Crippen LogP contribution in [0.3, 0.4) is 0 Å². The first-order valence-electron chi connectivity index (χ1n) is 9.06. The molecule has 4 aromatic rings. The summed E-state index contributed by atoms with van der Waals surface area (Å²) in [5.41, 5.74) is 0.777. The molecule has 1 heterocycles. The van der Waals surface area contributed by atoms with Crippen molar-refractivity contribution in [3.05, 3.63) is 53.6 Å². The molecular formula is C22H22BClO3. The normalized spacial score (nSPS) is 13.0. The van der Waals surface area contributed by atoms with Gasteiger partial charge in [-0.25, -0.2) is 0 Å². The highest BCUT2D eigenvalue weighted by Crippen LogP contribution is 2.35. The number of benzene rings is 3. The maximum absolute atomic E-state index is 10.3. The molecular weight excluding hydrogens is 359 g/mol. The molecule has 1 N–H and O–H groups in total. The van der Waals surface area contributed by atoms with E-state index in [0.717, 1.165) is 38.2 Å². The number of furan rings is 1. The van der Waals surface area contributed by atoms with E-state index in [1.807, 2.05) is 38.1 Å². The molecule has 0 saturated carbocycles. The number of hydrogen-bond acceptors (Lipinski definition) is 3. The van der Waals surface area contributed by atoms with E-state index in [1.165, 1.54) is 0 Å². The van der Waals surface area contributed by atoms with Crippen LogP contribution in [0.15, 0.2) is 52.9 Å². The molecule has 0 aliphatic heterocycles. The molecule has 0 spiro atoms. The standard InChI is InChI=1S/C22H22BClO3/c1-21(2,25)22(3,4)27-23-16-9-10-17-19(20(16)24)15-11-13-7-5-6-8-14(13)12-18(15)26-17/h5-12,23,25H,1-4H3. The van der Waals surface area contributed by atoms with Crippen LogP contribution in [0.25, 0.3) is 32.7 Å². The second-order valence-corrected chi connectivity index (χ2v) is 8.45. The average molecular weight is 381 g/mol. The second kappa shape index (κ2) is 6.27. The molecule has 0 radical (unpaired) electrons. The summed E-state index contributed by atoms with van der Waals surface area (Å²) < 4.78 is 12.0. The smallest absolute Gasteiger partial charge is 0.310 e. The zero-order valence-corrected chi connectivity index (χ0v) is 16.7. The summed E-state index contributed by atoms with van der Waals surface area (Å²) in [6.45, 7) is 7.23. The summed E-state index contributed by atoms with van der Waals surface area (Å²) >= 11 is 6.75. The molecule has 0 bridgehead atoms. The minimum atomic E-state index is -0.967. The van der Waals surface area contributed by atoms with Gasteiger partial charge in [-0.3, -0.25) is 0 Å². The summed E-state index contributed by atoms with van der Waals surface area (Å²) in [6.07, 6.45) is 0. The number of fused-ring (bicyclic) bond motifs is 4. The number of halogens is 1. The molecule has 3 aromatic carbocycles. The first-order chi connectivity index (χ1) is 12.7. The minimum absolute atomic E-state index is 0.312. The van der Waals surface area contributed by atoms with Crippen molar-refractivity contribution in [3.63, 3.8) is 0 Å². The van der Waals surface area contributed by atoms with Crippen molar-refractivity contribution < 1.29 is 14.2 Å². The Morgan fingerprint density at radius 2 is 1.63 bits per heavy atom.